The van der Waals surface area contributed by atoms with Crippen LogP contribution < -0.4 is 16.0 Å². The number of nitrogens with zero attached hydrogens (tertiary/aromatic N) is 3. The summed E-state index contributed by atoms with van der Waals surface area (Å²) in [5.41, 5.74) is 2.49. The molecule has 0 saturated carbocycles. The molecule has 0 unspecified atom stereocenters. The number of ether oxygens (including phenoxy) is 1. The molecule has 3 N–H and O–H groups in total. The van der Waals surface area contributed by atoms with E-state index in [0.717, 1.165) is 28.8 Å². The number of nitrogens with one attached hydrogen (secondary N) is 3. The molecule has 11 nitrogen and oxygen atoms in total. The summed E-state index contributed by atoms with van der Waals surface area (Å²) in [6.45, 7) is 7.11. The summed E-state index contributed by atoms with van der Waals surface area (Å²) in [6, 6.07) is 7.58. The molecule has 1 aliphatic carbocycles. The SMILES string of the molecule is CNC(=O)c1cnn2c(C(=O)N[C@H]3CCc4c3ccc(C(=O)OC(C)(C)C)c4C)cc(C(=O)NCc3ccc(F)c(F)c3)nc12. The minimum Gasteiger partial charge on any atom is -0.456 e. The molecule has 0 spiro atoms. The normalized spacial score (nSPS) is 14.2. The Bertz CT molecular complexity index is 1860. The van der Waals surface area contributed by atoms with Crippen molar-refractivity contribution in [2.75, 3.05) is 7.05 Å². The highest BCUT2D eigenvalue weighted by atomic mass is 19.2. The Hall–Kier alpha value is -5.20. The van der Waals surface area contributed by atoms with Crippen molar-refractivity contribution in [3.05, 3.63) is 99.0 Å². The van der Waals surface area contributed by atoms with Crippen LogP contribution in [0.25, 0.3) is 5.65 Å². The average Bonchev–Trinajstić information content (AvgIpc) is 3.60. The number of amides is 3. The summed E-state index contributed by atoms with van der Waals surface area (Å²) in [4.78, 5) is 56.4. The van der Waals surface area contributed by atoms with E-state index in [9.17, 15) is 28.0 Å². The van der Waals surface area contributed by atoms with Crippen LogP contribution in [0.2, 0.25) is 0 Å². The number of hydrogen-bond acceptors (Lipinski definition) is 7. The molecular weight excluding hydrogens is 586 g/mol. The van der Waals surface area contributed by atoms with E-state index < -0.39 is 47.0 Å². The van der Waals surface area contributed by atoms with Crippen molar-refractivity contribution < 1.29 is 32.7 Å². The van der Waals surface area contributed by atoms with Gasteiger partial charge in [-0.2, -0.15) is 5.10 Å². The van der Waals surface area contributed by atoms with Crippen LogP contribution in [0.3, 0.4) is 0 Å². The maximum Gasteiger partial charge on any atom is 0.338 e. The highest BCUT2D eigenvalue weighted by molar-refractivity contribution is 6.03. The summed E-state index contributed by atoms with van der Waals surface area (Å²) < 4.78 is 33.7. The molecule has 0 fully saturated rings. The summed E-state index contributed by atoms with van der Waals surface area (Å²) >= 11 is 0. The topological polar surface area (TPSA) is 144 Å². The molecule has 1 aliphatic rings. The third kappa shape index (κ3) is 6.37. The van der Waals surface area contributed by atoms with Crippen molar-refractivity contribution in [1.82, 2.24) is 30.5 Å². The van der Waals surface area contributed by atoms with Crippen LogP contribution in [-0.2, 0) is 17.7 Å². The van der Waals surface area contributed by atoms with Gasteiger partial charge in [-0.1, -0.05) is 12.1 Å². The van der Waals surface area contributed by atoms with E-state index in [1.54, 1.807) is 32.9 Å². The maximum absolute atomic E-state index is 13.7. The van der Waals surface area contributed by atoms with Crippen LogP contribution in [0.5, 0.6) is 0 Å². The van der Waals surface area contributed by atoms with Crippen molar-refractivity contribution in [3.63, 3.8) is 0 Å². The van der Waals surface area contributed by atoms with Crippen molar-refractivity contribution in [2.45, 2.75) is 58.7 Å². The summed E-state index contributed by atoms with van der Waals surface area (Å²) in [5, 5.41) is 12.2. The number of rotatable bonds is 7. The molecule has 2 heterocycles. The zero-order valence-electron chi connectivity index (χ0n) is 25.4. The molecule has 0 bridgehead atoms. The zero-order chi connectivity index (χ0) is 32.6. The van der Waals surface area contributed by atoms with Crippen molar-refractivity contribution >= 4 is 29.3 Å². The van der Waals surface area contributed by atoms with Gasteiger partial charge in [0.1, 0.15) is 22.6 Å². The predicted molar refractivity (Wildman–Crippen MR) is 159 cm³/mol. The first kappa shape index (κ1) is 31.2. The van der Waals surface area contributed by atoms with Crippen LogP contribution in [-0.4, -0.2) is 50.9 Å². The van der Waals surface area contributed by atoms with Gasteiger partial charge in [0.2, 0.25) is 0 Å². The van der Waals surface area contributed by atoms with Crippen molar-refractivity contribution in [1.29, 1.82) is 0 Å². The maximum atomic E-state index is 13.7. The summed E-state index contributed by atoms with van der Waals surface area (Å²) in [5.74, 6) is -4.30. The molecule has 0 aliphatic heterocycles. The number of esters is 1. The number of fused-ring (bicyclic) bond motifs is 2. The number of carbonyl (C=O) groups excluding carboxylic acids is 4. The third-order valence-electron chi connectivity index (χ3n) is 7.46. The van der Waals surface area contributed by atoms with E-state index in [1.807, 2.05) is 6.92 Å². The van der Waals surface area contributed by atoms with E-state index in [4.69, 9.17) is 4.74 Å². The van der Waals surface area contributed by atoms with Crippen LogP contribution in [0.15, 0.2) is 42.6 Å². The molecule has 3 amide bonds. The minimum absolute atomic E-state index is 0.0235. The number of aromatic nitrogens is 3. The zero-order valence-corrected chi connectivity index (χ0v) is 25.4. The Morgan fingerprint density at radius 1 is 1.00 bits per heavy atom. The van der Waals surface area contributed by atoms with Gasteiger partial charge in [0.25, 0.3) is 17.7 Å². The first-order valence-corrected chi connectivity index (χ1v) is 14.3. The van der Waals surface area contributed by atoms with E-state index in [1.165, 1.54) is 29.9 Å². The monoisotopic (exact) mass is 618 g/mol. The molecule has 5 rings (SSSR count). The van der Waals surface area contributed by atoms with Crippen molar-refractivity contribution in [2.24, 2.45) is 0 Å². The average molecular weight is 619 g/mol. The highest BCUT2D eigenvalue weighted by Crippen LogP contribution is 2.35. The number of halogens is 2. The number of hydrogen-bond donors (Lipinski definition) is 3. The fourth-order valence-corrected chi connectivity index (χ4v) is 5.27. The molecular formula is C32H32F2N6O5. The van der Waals surface area contributed by atoms with Crippen LogP contribution in [0.1, 0.15) is 97.2 Å². The lowest BCUT2D eigenvalue weighted by molar-refractivity contribution is 0.00682. The van der Waals surface area contributed by atoms with Gasteiger partial charge in [-0.25, -0.2) is 23.1 Å². The van der Waals surface area contributed by atoms with Crippen LogP contribution >= 0.6 is 0 Å². The second-order valence-corrected chi connectivity index (χ2v) is 11.7. The van der Waals surface area contributed by atoms with E-state index in [-0.39, 0.29) is 29.1 Å². The second kappa shape index (κ2) is 12.1. The number of benzene rings is 2. The molecule has 1 atom stereocenters. The Balaban J connectivity index is 1.43. The smallest absolute Gasteiger partial charge is 0.338 e. The summed E-state index contributed by atoms with van der Waals surface area (Å²) in [7, 11) is 1.42. The molecule has 2 aromatic heterocycles. The van der Waals surface area contributed by atoms with Gasteiger partial charge in [-0.3, -0.25) is 14.4 Å². The fourth-order valence-electron chi connectivity index (χ4n) is 5.27. The number of carbonyl (C=O) groups is 4. The lowest BCUT2D eigenvalue weighted by atomic mass is 9.97. The first-order valence-electron chi connectivity index (χ1n) is 14.3. The molecule has 0 saturated heterocycles. The molecule has 0 radical (unpaired) electrons. The van der Waals surface area contributed by atoms with Gasteiger partial charge in [-0.15, -0.1) is 0 Å². The van der Waals surface area contributed by atoms with Gasteiger partial charge in [0.05, 0.1) is 17.8 Å². The molecule has 2 aromatic carbocycles. The largest absolute Gasteiger partial charge is 0.456 e. The quantitative estimate of drug-likeness (QED) is 0.266. The summed E-state index contributed by atoms with van der Waals surface area (Å²) in [6.07, 6.45) is 2.43. The van der Waals surface area contributed by atoms with Crippen LogP contribution in [0.4, 0.5) is 8.78 Å². The minimum atomic E-state index is -1.06. The lowest BCUT2D eigenvalue weighted by Crippen LogP contribution is -2.31. The molecule has 4 aromatic rings. The lowest BCUT2D eigenvalue weighted by Gasteiger charge is -2.21. The first-order chi connectivity index (χ1) is 21.3. The fraction of sp³-hybridized carbons (Fsp3) is 0.312. The Kier molecular flexibility index (Phi) is 8.37. The van der Waals surface area contributed by atoms with Gasteiger partial charge in [0.15, 0.2) is 17.3 Å². The molecule has 45 heavy (non-hydrogen) atoms. The second-order valence-electron chi connectivity index (χ2n) is 11.7. The van der Waals surface area contributed by atoms with Crippen molar-refractivity contribution in [3.8, 4) is 0 Å². The molecule has 234 valence electrons. The van der Waals surface area contributed by atoms with Gasteiger partial charge < -0.3 is 20.7 Å². The Morgan fingerprint density at radius 3 is 2.44 bits per heavy atom. The van der Waals surface area contributed by atoms with E-state index in [0.29, 0.717) is 24.0 Å². The van der Waals surface area contributed by atoms with Gasteiger partial charge >= 0.3 is 5.97 Å². The molecule has 13 heteroatoms. The highest BCUT2D eigenvalue weighted by Gasteiger charge is 2.30. The standard InChI is InChI=1S/C32H32F2N6O5/c1-16-18-9-11-24(20(18)8-7-19(16)31(44)45-32(2,3)4)39-30(43)26-13-25(38-27-21(28(41)35-5)15-37-40(26)27)29(42)36-14-17-6-10-22(33)23(34)12-17/h6-8,10,12-13,15,24H,9,11,14H2,1-5H3,(H,35,41)(H,36,42)(H,39,43)/t24-/m0/s1. The van der Waals surface area contributed by atoms with Gasteiger partial charge in [0, 0.05) is 19.7 Å². The van der Waals surface area contributed by atoms with Gasteiger partial charge in [-0.05, 0) is 81.0 Å². The van der Waals surface area contributed by atoms with Crippen LogP contribution in [0, 0.1) is 18.6 Å². The Labute approximate surface area is 257 Å². The van der Waals surface area contributed by atoms with E-state index in [2.05, 4.69) is 26.0 Å². The van der Waals surface area contributed by atoms with E-state index >= 15 is 0 Å². The Morgan fingerprint density at radius 2 is 1.76 bits per heavy atom. The predicted octanol–water partition coefficient (Wildman–Crippen LogP) is 3.98. The third-order valence-corrected chi connectivity index (χ3v) is 7.46.